The summed E-state index contributed by atoms with van der Waals surface area (Å²) >= 11 is 0. The van der Waals surface area contributed by atoms with Crippen LogP contribution in [0.2, 0.25) is 0 Å². The number of halogens is 3. The van der Waals surface area contributed by atoms with Crippen LogP contribution < -0.4 is 5.32 Å². The van der Waals surface area contributed by atoms with Crippen molar-refractivity contribution in [3.63, 3.8) is 0 Å². The zero-order chi connectivity index (χ0) is 19.6. The average Bonchev–Trinajstić information content (AvgIpc) is 2.94. The van der Waals surface area contributed by atoms with E-state index in [1.165, 1.54) is 6.92 Å². The number of alkyl halides is 3. The van der Waals surface area contributed by atoms with Gasteiger partial charge in [-0.1, -0.05) is 5.16 Å². The van der Waals surface area contributed by atoms with Gasteiger partial charge in [0.1, 0.15) is 11.3 Å². The molecule has 26 heavy (non-hydrogen) atoms. The van der Waals surface area contributed by atoms with E-state index < -0.39 is 45.3 Å². The number of nitro benzene ring substituents is 1. The second-order valence-corrected chi connectivity index (χ2v) is 5.14. The summed E-state index contributed by atoms with van der Waals surface area (Å²) in [6.07, 6.45) is -4.81. The number of aromatic nitrogens is 1. The quantitative estimate of drug-likeness (QED) is 0.491. The highest BCUT2D eigenvalue weighted by Gasteiger charge is 2.35. The van der Waals surface area contributed by atoms with Gasteiger partial charge in [0, 0.05) is 12.6 Å². The molecule has 0 bridgehead atoms. The number of nitrogens with one attached hydrogen (secondary N) is 1. The summed E-state index contributed by atoms with van der Waals surface area (Å²) in [6.45, 7) is 3.14. The third-order valence-corrected chi connectivity index (χ3v) is 3.41. The van der Waals surface area contributed by atoms with E-state index in [-0.39, 0.29) is 23.9 Å². The lowest BCUT2D eigenvalue weighted by molar-refractivity contribution is -0.385. The summed E-state index contributed by atoms with van der Waals surface area (Å²) in [5.41, 5.74) is -3.67. The van der Waals surface area contributed by atoms with Gasteiger partial charge in [0.15, 0.2) is 5.69 Å². The van der Waals surface area contributed by atoms with Gasteiger partial charge in [0.2, 0.25) is 5.78 Å². The van der Waals surface area contributed by atoms with Gasteiger partial charge in [-0.25, -0.2) is 0 Å². The van der Waals surface area contributed by atoms with Gasteiger partial charge < -0.3 is 9.84 Å². The van der Waals surface area contributed by atoms with E-state index in [0.29, 0.717) is 12.1 Å². The number of aryl methyl sites for hydroxylation is 1. The van der Waals surface area contributed by atoms with E-state index >= 15 is 0 Å². The Morgan fingerprint density at radius 3 is 2.54 bits per heavy atom. The SMILES string of the molecule is CCNC(=O)c1noc(C)c1C(=O)c1ccc(C(F)(F)F)cc1[N+](=O)[O-]. The summed E-state index contributed by atoms with van der Waals surface area (Å²) in [6, 6.07) is 1.51. The lowest BCUT2D eigenvalue weighted by Gasteiger charge is -2.08. The Morgan fingerprint density at radius 2 is 2.00 bits per heavy atom. The number of hydrogen-bond acceptors (Lipinski definition) is 6. The predicted molar refractivity (Wildman–Crippen MR) is 80.8 cm³/mol. The second-order valence-electron chi connectivity index (χ2n) is 5.14. The van der Waals surface area contributed by atoms with Crippen LogP contribution in [0.3, 0.4) is 0 Å². The molecule has 0 aliphatic rings. The average molecular weight is 371 g/mol. The number of ketones is 1. The van der Waals surface area contributed by atoms with Gasteiger partial charge in [-0.3, -0.25) is 19.7 Å². The van der Waals surface area contributed by atoms with E-state index in [1.54, 1.807) is 6.92 Å². The normalized spacial score (nSPS) is 11.3. The number of benzene rings is 1. The Balaban J connectivity index is 2.60. The molecule has 0 radical (unpaired) electrons. The molecule has 11 heteroatoms. The molecule has 0 fully saturated rings. The molecule has 1 aromatic heterocycles. The highest BCUT2D eigenvalue weighted by atomic mass is 19.4. The standard InChI is InChI=1S/C15H12F3N3O5/c1-3-19-14(23)12-11(7(2)26-20-12)13(22)9-5-4-8(15(16,17)18)6-10(9)21(24)25/h4-6H,3H2,1-2H3,(H,19,23). The first kappa shape index (κ1) is 19.1. The molecule has 0 atom stereocenters. The zero-order valence-corrected chi connectivity index (χ0v) is 13.5. The highest BCUT2D eigenvalue weighted by molar-refractivity contribution is 6.16. The molecule has 0 saturated heterocycles. The number of carbonyl (C=O) groups is 2. The van der Waals surface area contributed by atoms with Crippen LogP contribution in [0.4, 0.5) is 18.9 Å². The monoisotopic (exact) mass is 371 g/mol. The number of rotatable bonds is 5. The molecule has 8 nitrogen and oxygen atoms in total. The van der Waals surface area contributed by atoms with Crippen molar-refractivity contribution < 1.29 is 32.2 Å². The molecule has 0 saturated carbocycles. The van der Waals surface area contributed by atoms with E-state index in [4.69, 9.17) is 4.52 Å². The smallest absolute Gasteiger partial charge is 0.360 e. The fourth-order valence-electron chi connectivity index (χ4n) is 2.22. The summed E-state index contributed by atoms with van der Waals surface area (Å²) in [5, 5.41) is 17.0. The van der Waals surface area contributed by atoms with Crippen molar-refractivity contribution in [3.05, 3.63) is 56.5 Å². The molecular weight excluding hydrogens is 359 g/mol. The Morgan fingerprint density at radius 1 is 1.35 bits per heavy atom. The van der Waals surface area contributed by atoms with Crippen LogP contribution in [0.25, 0.3) is 0 Å². The number of hydrogen-bond donors (Lipinski definition) is 1. The molecule has 0 aliphatic heterocycles. The van der Waals surface area contributed by atoms with Crippen molar-refractivity contribution in [1.82, 2.24) is 10.5 Å². The fraction of sp³-hybridized carbons (Fsp3) is 0.267. The Kier molecular flexibility index (Phi) is 5.10. The Hall–Kier alpha value is -3.24. The van der Waals surface area contributed by atoms with E-state index in [1.807, 2.05) is 0 Å². The number of carbonyl (C=O) groups excluding carboxylic acids is 2. The van der Waals surface area contributed by atoms with Gasteiger partial charge in [0.25, 0.3) is 11.6 Å². The molecule has 1 N–H and O–H groups in total. The molecule has 0 spiro atoms. The minimum Gasteiger partial charge on any atom is -0.360 e. The van der Waals surface area contributed by atoms with Crippen LogP contribution in [-0.2, 0) is 6.18 Å². The maximum Gasteiger partial charge on any atom is 0.416 e. The molecule has 1 aromatic carbocycles. The van der Waals surface area contributed by atoms with Crippen molar-refractivity contribution in [3.8, 4) is 0 Å². The maximum atomic E-state index is 12.8. The van der Waals surface area contributed by atoms with Gasteiger partial charge >= 0.3 is 6.18 Å². The minimum atomic E-state index is -4.81. The number of nitro groups is 1. The number of nitrogens with zero attached hydrogens (tertiary/aromatic N) is 2. The Labute approximate surface area is 144 Å². The molecule has 0 aliphatic carbocycles. The molecule has 2 rings (SSSR count). The first-order valence-corrected chi connectivity index (χ1v) is 7.22. The minimum absolute atomic E-state index is 0.0922. The Bertz CT molecular complexity index is 889. The van der Waals surface area contributed by atoms with Crippen molar-refractivity contribution in [2.45, 2.75) is 20.0 Å². The fourth-order valence-corrected chi connectivity index (χ4v) is 2.22. The van der Waals surface area contributed by atoms with E-state index in [2.05, 4.69) is 10.5 Å². The number of amides is 1. The summed E-state index contributed by atoms with van der Waals surface area (Å²) in [7, 11) is 0. The van der Waals surface area contributed by atoms with Gasteiger partial charge in [-0.05, 0) is 26.0 Å². The third-order valence-electron chi connectivity index (χ3n) is 3.41. The van der Waals surface area contributed by atoms with E-state index in [9.17, 15) is 32.9 Å². The van der Waals surface area contributed by atoms with Crippen LogP contribution >= 0.6 is 0 Å². The van der Waals surface area contributed by atoms with Crippen LogP contribution in [0.5, 0.6) is 0 Å². The zero-order valence-electron chi connectivity index (χ0n) is 13.5. The summed E-state index contributed by atoms with van der Waals surface area (Å²) in [5.74, 6) is -1.88. The predicted octanol–water partition coefficient (Wildman–Crippen LogP) is 2.89. The lowest BCUT2D eigenvalue weighted by Crippen LogP contribution is -2.25. The topological polar surface area (TPSA) is 115 Å². The third kappa shape index (κ3) is 3.55. The second kappa shape index (κ2) is 6.94. The summed E-state index contributed by atoms with van der Waals surface area (Å²) < 4.78 is 43.1. The van der Waals surface area contributed by atoms with Gasteiger partial charge in [0.05, 0.1) is 16.1 Å². The van der Waals surface area contributed by atoms with Crippen LogP contribution in [0.1, 0.15) is 44.7 Å². The molecule has 0 unspecified atom stereocenters. The molecule has 138 valence electrons. The lowest BCUT2D eigenvalue weighted by atomic mass is 9.98. The summed E-state index contributed by atoms with van der Waals surface area (Å²) in [4.78, 5) is 34.7. The molecule has 2 aromatic rings. The highest BCUT2D eigenvalue weighted by Crippen LogP contribution is 2.34. The molecular formula is C15H12F3N3O5. The van der Waals surface area contributed by atoms with Crippen LogP contribution in [0.15, 0.2) is 22.7 Å². The van der Waals surface area contributed by atoms with Gasteiger partial charge in [-0.2, -0.15) is 13.2 Å². The largest absolute Gasteiger partial charge is 0.416 e. The van der Waals surface area contributed by atoms with Crippen molar-refractivity contribution in [2.75, 3.05) is 6.54 Å². The van der Waals surface area contributed by atoms with Crippen molar-refractivity contribution in [1.29, 1.82) is 0 Å². The van der Waals surface area contributed by atoms with Crippen LogP contribution in [0, 0.1) is 17.0 Å². The van der Waals surface area contributed by atoms with Gasteiger partial charge in [-0.15, -0.1) is 0 Å². The first-order chi connectivity index (χ1) is 12.1. The van der Waals surface area contributed by atoms with E-state index in [0.717, 1.165) is 0 Å². The van der Waals surface area contributed by atoms with Crippen molar-refractivity contribution >= 4 is 17.4 Å². The first-order valence-electron chi connectivity index (χ1n) is 7.22. The maximum absolute atomic E-state index is 12.8. The molecule has 1 heterocycles. The molecule has 1 amide bonds. The van der Waals surface area contributed by atoms with Crippen LogP contribution in [-0.4, -0.2) is 28.3 Å². The van der Waals surface area contributed by atoms with Crippen molar-refractivity contribution in [2.24, 2.45) is 0 Å².